The summed E-state index contributed by atoms with van der Waals surface area (Å²) in [5.74, 6) is -1.07. The second-order valence-corrected chi connectivity index (χ2v) is 7.50. The summed E-state index contributed by atoms with van der Waals surface area (Å²) < 4.78 is 56.3. The minimum atomic E-state index is -3.99. The molecule has 0 aliphatic carbocycles. The summed E-state index contributed by atoms with van der Waals surface area (Å²) >= 11 is 0. The average Bonchev–Trinajstić information content (AvgIpc) is 3.02. The van der Waals surface area contributed by atoms with Crippen molar-refractivity contribution >= 4 is 15.5 Å². The number of sulfonamides is 1. The Morgan fingerprint density at radius 1 is 1.15 bits per heavy atom. The van der Waals surface area contributed by atoms with Gasteiger partial charge in [-0.1, -0.05) is 6.92 Å². The number of benzene rings is 1. The maximum atomic E-state index is 13.2. The Labute approximate surface area is 147 Å². The van der Waals surface area contributed by atoms with Crippen molar-refractivity contribution in [3.05, 3.63) is 63.8 Å². The second-order valence-electron chi connectivity index (χ2n) is 5.73. The molecule has 0 unspecified atom stereocenters. The topological polar surface area (TPSA) is 85.5 Å². The highest BCUT2D eigenvalue weighted by Crippen LogP contribution is 2.15. The number of rotatable bonds is 5. The monoisotopic (exact) mass is 382 g/mol. The zero-order chi connectivity index (χ0) is 19.1. The molecule has 26 heavy (non-hydrogen) atoms. The number of aryl methyl sites for hydroxylation is 2. The Kier molecular flexibility index (Phi) is 4.63. The Hall–Kier alpha value is -2.59. The van der Waals surface area contributed by atoms with Gasteiger partial charge in [0.25, 0.3) is 5.56 Å². The predicted octanol–water partition coefficient (Wildman–Crippen LogP) is 1.35. The van der Waals surface area contributed by atoms with Gasteiger partial charge in [-0.05, 0) is 23.8 Å². The van der Waals surface area contributed by atoms with Gasteiger partial charge in [-0.3, -0.25) is 9.20 Å². The standard InChI is InChI=1S/C16H16F2N4O3S/c1-3-15-20-21(2)16(23)14-7-13(9-22(14)15)26(24,25)19-8-10-4-11(17)6-12(18)5-10/h4-7,9,19H,3,8H2,1-2H3. The van der Waals surface area contributed by atoms with E-state index in [1.807, 2.05) is 6.92 Å². The van der Waals surface area contributed by atoms with Gasteiger partial charge in [-0.2, -0.15) is 5.10 Å². The minimum absolute atomic E-state index is 0.130. The predicted molar refractivity (Wildman–Crippen MR) is 90.2 cm³/mol. The fourth-order valence-electron chi connectivity index (χ4n) is 2.61. The van der Waals surface area contributed by atoms with Crippen LogP contribution in [0.2, 0.25) is 0 Å². The van der Waals surface area contributed by atoms with Gasteiger partial charge in [0, 0.05) is 32.3 Å². The van der Waals surface area contributed by atoms with E-state index in [1.165, 1.54) is 23.7 Å². The lowest BCUT2D eigenvalue weighted by molar-refractivity contribution is 0.571. The van der Waals surface area contributed by atoms with Crippen LogP contribution in [0.5, 0.6) is 0 Å². The molecule has 2 aromatic heterocycles. The zero-order valence-corrected chi connectivity index (χ0v) is 14.8. The maximum Gasteiger partial charge on any atom is 0.290 e. The first-order chi connectivity index (χ1) is 12.2. The van der Waals surface area contributed by atoms with Crippen LogP contribution in [0.15, 0.2) is 40.2 Å². The number of hydrogen-bond acceptors (Lipinski definition) is 4. The summed E-state index contributed by atoms with van der Waals surface area (Å²) in [6.07, 6.45) is 1.80. The molecular weight excluding hydrogens is 366 g/mol. The summed E-state index contributed by atoms with van der Waals surface area (Å²) in [7, 11) is -2.51. The van der Waals surface area contributed by atoms with Crippen molar-refractivity contribution in [1.29, 1.82) is 0 Å². The lowest BCUT2D eigenvalue weighted by atomic mass is 10.2. The van der Waals surface area contributed by atoms with Crippen LogP contribution in [0.1, 0.15) is 18.3 Å². The molecule has 0 fully saturated rings. The van der Waals surface area contributed by atoms with E-state index in [0.717, 1.165) is 16.8 Å². The van der Waals surface area contributed by atoms with Crippen molar-refractivity contribution in [1.82, 2.24) is 18.9 Å². The maximum absolute atomic E-state index is 13.2. The summed E-state index contributed by atoms with van der Waals surface area (Å²) in [6, 6.07) is 4.03. The first-order valence-corrected chi connectivity index (χ1v) is 9.22. The van der Waals surface area contributed by atoms with Crippen molar-refractivity contribution in [2.45, 2.75) is 24.8 Å². The van der Waals surface area contributed by atoms with E-state index < -0.39 is 27.2 Å². The van der Waals surface area contributed by atoms with E-state index in [0.29, 0.717) is 18.3 Å². The summed E-state index contributed by atoms with van der Waals surface area (Å²) in [5, 5.41) is 4.10. The zero-order valence-electron chi connectivity index (χ0n) is 14.0. The van der Waals surface area contributed by atoms with E-state index in [4.69, 9.17) is 0 Å². The molecule has 0 aliphatic heterocycles. The fourth-order valence-corrected chi connectivity index (χ4v) is 3.65. The Bertz CT molecular complexity index is 1130. The average molecular weight is 382 g/mol. The van der Waals surface area contributed by atoms with Crippen LogP contribution in [0.3, 0.4) is 0 Å². The molecule has 2 heterocycles. The first kappa shape index (κ1) is 18.2. The van der Waals surface area contributed by atoms with E-state index >= 15 is 0 Å². The molecule has 7 nitrogen and oxygen atoms in total. The van der Waals surface area contributed by atoms with Crippen LogP contribution in [-0.2, 0) is 30.0 Å². The van der Waals surface area contributed by atoms with Crippen molar-refractivity contribution < 1.29 is 17.2 Å². The molecule has 0 bridgehead atoms. The molecule has 0 aliphatic rings. The molecule has 3 rings (SSSR count). The van der Waals surface area contributed by atoms with Gasteiger partial charge in [-0.15, -0.1) is 0 Å². The molecule has 0 amide bonds. The largest absolute Gasteiger partial charge is 0.297 e. The summed E-state index contributed by atoms with van der Waals surface area (Å²) in [5.41, 5.74) is -0.117. The van der Waals surface area contributed by atoms with Crippen molar-refractivity contribution in [2.75, 3.05) is 0 Å². The van der Waals surface area contributed by atoms with Crippen LogP contribution in [0, 0.1) is 11.6 Å². The number of nitrogens with zero attached hydrogens (tertiary/aromatic N) is 3. The van der Waals surface area contributed by atoms with Gasteiger partial charge in [-0.25, -0.2) is 26.6 Å². The number of fused-ring (bicyclic) bond motifs is 1. The molecule has 1 N–H and O–H groups in total. The normalized spacial score (nSPS) is 12.0. The van der Waals surface area contributed by atoms with Crippen LogP contribution < -0.4 is 10.3 Å². The number of halogens is 2. The summed E-state index contributed by atoms with van der Waals surface area (Å²) in [4.78, 5) is 12.0. The molecule has 138 valence electrons. The minimum Gasteiger partial charge on any atom is -0.297 e. The fraction of sp³-hybridized carbons (Fsp3) is 0.250. The molecule has 0 saturated heterocycles. The third-order valence-electron chi connectivity index (χ3n) is 3.87. The van der Waals surface area contributed by atoms with Gasteiger partial charge in [0.1, 0.15) is 27.9 Å². The van der Waals surface area contributed by atoms with Gasteiger partial charge >= 0.3 is 0 Å². The first-order valence-electron chi connectivity index (χ1n) is 7.74. The highest BCUT2D eigenvalue weighted by molar-refractivity contribution is 7.89. The molecule has 3 aromatic rings. The number of nitrogens with one attached hydrogen (secondary N) is 1. The Morgan fingerprint density at radius 2 is 1.81 bits per heavy atom. The smallest absolute Gasteiger partial charge is 0.290 e. The summed E-state index contributed by atoms with van der Waals surface area (Å²) in [6.45, 7) is 1.54. The lowest BCUT2D eigenvalue weighted by Gasteiger charge is -2.06. The number of hydrogen-bond donors (Lipinski definition) is 1. The van der Waals surface area contributed by atoms with Gasteiger partial charge in [0.15, 0.2) is 0 Å². The second kappa shape index (κ2) is 6.61. The van der Waals surface area contributed by atoms with Crippen LogP contribution in [-0.4, -0.2) is 22.6 Å². The van der Waals surface area contributed by atoms with E-state index in [2.05, 4.69) is 9.82 Å². The molecule has 1 aromatic carbocycles. The molecule has 0 radical (unpaired) electrons. The van der Waals surface area contributed by atoms with Gasteiger partial charge in [0.2, 0.25) is 10.0 Å². The highest BCUT2D eigenvalue weighted by atomic mass is 32.2. The lowest BCUT2D eigenvalue weighted by Crippen LogP contribution is -2.23. The number of aromatic nitrogens is 3. The molecular formula is C16H16F2N4O3S. The molecule has 0 spiro atoms. The third kappa shape index (κ3) is 3.37. The van der Waals surface area contributed by atoms with Crippen molar-refractivity contribution in [3.63, 3.8) is 0 Å². The van der Waals surface area contributed by atoms with Gasteiger partial charge in [0.05, 0.1) is 0 Å². The molecule has 0 saturated carbocycles. The van der Waals surface area contributed by atoms with Crippen LogP contribution >= 0.6 is 0 Å². The molecule has 0 atom stereocenters. The third-order valence-corrected chi connectivity index (χ3v) is 5.23. The highest BCUT2D eigenvalue weighted by Gasteiger charge is 2.19. The SMILES string of the molecule is CCc1nn(C)c(=O)c2cc(S(=O)(=O)NCc3cc(F)cc(F)c3)cn12. The van der Waals surface area contributed by atoms with Gasteiger partial charge < -0.3 is 0 Å². The van der Waals surface area contributed by atoms with Crippen molar-refractivity contribution in [2.24, 2.45) is 7.05 Å². The van der Waals surface area contributed by atoms with Crippen molar-refractivity contribution in [3.8, 4) is 0 Å². The van der Waals surface area contributed by atoms with E-state index in [1.54, 1.807) is 0 Å². The Morgan fingerprint density at radius 3 is 2.42 bits per heavy atom. The van der Waals surface area contributed by atoms with Crippen LogP contribution in [0.4, 0.5) is 8.78 Å². The van der Waals surface area contributed by atoms with Crippen LogP contribution in [0.25, 0.3) is 5.52 Å². The quantitative estimate of drug-likeness (QED) is 0.722. The Balaban J connectivity index is 1.97. The van der Waals surface area contributed by atoms with E-state index in [9.17, 15) is 22.0 Å². The van der Waals surface area contributed by atoms with E-state index in [-0.39, 0.29) is 22.5 Å². The molecule has 10 heteroatoms.